The lowest BCUT2D eigenvalue weighted by Crippen LogP contribution is -2.45. The summed E-state index contributed by atoms with van der Waals surface area (Å²) in [6.07, 6.45) is 1.64. The second kappa shape index (κ2) is 7.16. The van der Waals surface area contributed by atoms with Crippen LogP contribution < -0.4 is 10.6 Å². The van der Waals surface area contributed by atoms with Crippen LogP contribution in [0, 0.1) is 11.6 Å². The fourth-order valence-corrected chi connectivity index (χ4v) is 2.87. The van der Waals surface area contributed by atoms with Gasteiger partial charge in [0.05, 0.1) is 0 Å². The van der Waals surface area contributed by atoms with Gasteiger partial charge in [0.15, 0.2) is 0 Å². The lowest BCUT2D eigenvalue weighted by Gasteiger charge is -2.23. The predicted molar refractivity (Wildman–Crippen MR) is 86.5 cm³/mol. The minimum absolute atomic E-state index is 0.0923. The summed E-state index contributed by atoms with van der Waals surface area (Å²) in [5.41, 5.74) is -2.05. The molecule has 0 aromatic heterocycles. The van der Waals surface area contributed by atoms with Gasteiger partial charge in [-0.05, 0) is 38.5 Å². The molecule has 0 spiro atoms. The lowest BCUT2D eigenvalue weighted by atomic mass is 9.91. The molecule has 1 aromatic rings. The van der Waals surface area contributed by atoms with E-state index in [1.165, 1.54) is 6.92 Å². The molecule has 8 heteroatoms. The molecular weight excluding hydrogens is 332 g/mol. The van der Waals surface area contributed by atoms with Gasteiger partial charge in [-0.15, -0.1) is 0 Å². The average Bonchev–Trinajstić information content (AvgIpc) is 2.74. The summed E-state index contributed by atoms with van der Waals surface area (Å²) in [5, 5.41) is 5.04. The van der Waals surface area contributed by atoms with E-state index in [-0.39, 0.29) is 11.6 Å². The number of halogens is 2. The molecule has 0 bridgehead atoms. The first-order valence-electron chi connectivity index (χ1n) is 8.08. The van der Waals surface area contributed by atoms with Crippen LogP contribution in [0.3, 0.4) is 0 Å². The van der Waals surface area contributed by atoms with E-state index in [1.807, 2.05) is 13.8 Å². The fourth-order valence-electron chi connectivity index (χ4n) is 2.87. The Labute approximate surface area is 144 Å². The van der Waals surface area contributed by atoms with Crippen LogP contribution in [0.15, 0.2) is 18.2 Å². The van der Waals surface area contributed by atoms with Crippen LogP contribution in [0.1, 0.15) is 39.2 Å². The van der Waals surface area contributed by atoms with Gasteiger partial charge in [-0.3, -0.25) is 14.5 Å². The molecule has 2 rings (SSSR count). The number of hydrogen-bond acceptors (Lipinski definition) is 3. The van der Waals surface area contributed by atoms with Gasteiger partial charge in [0.25, 0.3) is 5.91 Å². The van der Waals surface area contributed by atoms with Crippen molar-refractivity contribution < 1.29 is 23.2 Å². The number of hydrogen-bond donors (Lipinski definition) is 2. The number of carbonyl (C=O) groups excluding carboxylic acids is 3. The van der Waals surface area contributed by atoms with Crippen molar-refractivity contribution in [3.8, 4) is 0 Å². The summed E-state index contributed by atoms with van der Waals surface area (Å²) in [5.74, 6) is -2.85. The maximum absolute atomic E-state index is 14.0. The maximum Gasteiger partial charge on any atom is 0.325 e. The van der Waals surface area contributed by atoms with Gasteiger partial charge in [0, 0.05) is 11.6 Å². The molecule has 1 saturated heterocycles. The van der Waals surface area contributed by atoms with Crippen LogP contribution in [0.25, 0.3) is 0 Å². The zero-order chi connectivity index (χ0) is 18.8. The molecule has 0 saturated carbocycles. The van der Waals surface area contributed by atoms with E-state index >= 15 is 0 Å². The molecule has 1 aliphatic heterocycles. The van der Waals surface area contributed by atoms with Crippen LogP contribution >= 0.6 is 0 Å². The lowest BCUT2D eigenvalue weighted by molar-refractivity contribution is -0.135. The third kappa shape index (κ3) is 3.78. The standard InChI is InChI=1S/C17H21F2N3O3/c1-4-5-10(2)20-14(23)9-22-15(24)17(3,21-16(22)25)12-8-11(18)6-7-13(12)19/h6-8,10H,4-5,9H2,1-3H3,(H,20,23)(H,21,25)/t10-,17-/m0/s1. The van der Waals surface area contributed by atoms with Crippen LogP contribution in [-0.4, -0.2) is 35.3 Å². The highest BCUT2D eigenvalue weighted by Gasteiger charge is 2.50. The van der Waals surface area contributed by atoms with Crippen molar-refractivity contribution in [1.82, 2.24) is 15.5 Å². The summed E-state index contributed by atoms with van der Waals surface area (Å²) in [6.45, 7) is 4.59. The highest BCUT2D eigenvalue weighted by molar-refractivity contribution is 6.09. The first-order chi connectivity index (χ1) is 11.7. The topological polar surface area (TPSA) is 78.5 Å². The van der Waals surface area contributed by atoms with Crippen molar-refractivity contribution in [2.24, 2.45) is 0 Å². The molecule has 136 valence electrons. The molecule has 0 unspecified atom stereocenters. The van der Waals surface area contributed by atoms with Crippen LogP contribution in [0.4, 0.5) is 13.6 Å². The molecule has 0 radical (unpaired) electrons. The number of nitrogens with one attached hydrogen (secondary N) is 2. The van der Waals surface area contributed by atoms with E-state index in [0.717, 1.165) is 31.0 Å². The predicted octanol–water partition coefficient (Wildman–Crippen LogP) is 2.04. The molecule has 1 heterocycles. The van der Waals surface area contributed by atoms with Gasteiger partial charge in [0.2, 0.25) is 5.91 Å². The van der Waals surface area contributed by atoms with E-state index in [1.54, 1.807) is 0 Å². The number of benzene rings is 1. The van der Waals surface area contributed by atoms with Crippen LogP contribution in [0.5, 0.6) is 0 Å². The zero-order valence-electron chi connectivity index (χ0n) is 14.4. The van der Waals surface area contributed by atoms with E-state index in [2.05, 4.69) is 10.6 Å². The average molecular weight is 353 g/mol. The number of urea groups is 1. The molecule has 1 fully saturated rings. The molecule has 25 heavy (non-hydrogen) atoms. The van der Waals surface area contributed by atoms with E-state index in [9.17, 15) is 23.2 Å². The van der Waals surface area contributed by atoms with Gasteiger partial charge in [-0.25, -0.2) is 13.6 Å². The Kier molecular flexibility index (Phi) is 5.39. The fraction of sp³-hybridized carbons (Fsp3) is 0.471. The van der Waals surface area contributed by atoms with Crippen LogP contribution in [0.2, 0.25) is 0 Å². The maximum atomic E-state index is 14.0. The number of carbonyl (C=O) groups is 3. The minimum atomic E-state index is -1.77. The van der Waals surface area contributed by atoms with E-state index in [4.69, 9.17) is 0 Å². The smallest absolute Gasteiger partial charge is 0.325 e. The Morgan fingerprint density at radius 1 is 1.36 bits per heavy atom. The molecule has 2 atom stereocenters. The Morgan fingerprint density at radius 2 is 2.04 bits per heavy atom. The largest absolute Gasteiger partial charge is 0.352 e. The third-order valence-corrected chi connectivity index (χ3v) is 4.17. The number of imide groups is 1. The normalized spacial score (nSPS) is 21.2. The second-order valence-electron chi connectivity index (χ2n) is 6.33. The van der Waals surface area contributed by atoms with Crippen LogP contribution in [-0.2, 0) is 15.1 Å². The van der Waals surface area contributed by atoms with Crippen molar-refractivity contribution in [3.05, 3.63) is 35.4 Å². The highest BCUT2D eigenvalue weighted by Crippen LogP contribution is 2.31. The number of amides is 4. The zero-order valence-corrected chi connectivity index (χ0v) is 14.4. The summed E-state index contributed by atoms with van der Waals surface area (Å²) >= 11 is 0. The van der Waals surface area contributed by atoms with Crippen molar-refractivity contribution in [2.75, 3.05) is 6.54 Å². The van der Waals surface area contributed by atoms with E-state index < -0.39 is 41.6 Å². The Bertz CT molecular complexity index is 710. The summed E-state index contributed by atoms with van der Waals surface area (Å²) < 4.78 is 27.5. The molecule has 0 aliphatic carbocycles. The summed E-state index contributed by atoms with van der Waals surface area (Å²) in [6, 6.07) is 1.75. The van der Waals surface area contributed by atoms with Crippen molar-refractivity contribution >= 4 is 17.8 Å². The van der Waals surface area contributed by atoms with Crippen molar-refractivity contribution in [1.29, 1.82) is 0 Å². The Morgan fingerprint density at radius 3 is 2.68 bits per heavy atom. The molecule has 1 aromatic carbocycles. The van der Waals surface area contributed by atoms with Gasteiger partial charge in [-0.2, -0.15) is 0 Å². The van der Waals surface area contributed by atoms with Gasteiger partial charge < -0.3 is 10.6 Å². The second-order valence-corrected chi connectivity index (χ2v) is 6.33. The SMILES string of the molecule is CCC[C@H](C)NC(=O)CN1C(=O)N[C@@](C)(c2cc(F)ccc2F)C1=O. The Hall–Kier alpha value is -2.51. The minimum Gasteiger partial charge on any atom is -0.352 e. The highest BCUT2D eigenvalue weighted by atomic mass is 19.1. The molecular formula is C17H21F2N3O3. The molecule has 6 nitrogen and oxygen atoms in total. The molecule has 2 N–H and O–H groups in total. The Balaban J connectivity index is 2.19. The summed E-state index contributed by atoms with van der Waals surface area (Å²) in [7, 11) is 0. The van der Waals surface area contributed by atoms with Gasteiger partial charge in [-0.1, -0.05) is 13.3 Å². The number of nitrogens with zero attached hydrogens (tertiary/aromatic N) is 1. The molecule has 1 aliphatic rings. The number of rotatable bonds is 6. The third-order valence-electron chi connectivity index (χ3n) is 4.17. The van der Waals surface area contributed by atoms with Crippen molar-refractivity contribution in [2.45, 2.75) is 45.2 Å². The molecule has 4 amide bonds. The quantitative estimate of drug-likeness (QED) is 0.768. The van der Waals surface area contributed by atoms with Gasteiger partial charge >= 0.3 is 6.03 Å². The van der Waals surface area contributed by atoms with Crippen molar-refractivity contribution in [3.63, 3.8) is 0 Å². The first kappa shape index (κ1) is 18.8. The van der Waals surface area contributed by atoms with E-state index in [0.29, 0.717) is 4.90 Å². The first-order valence-corrected chi connectivity index (χ1v) is 8.08. The summed E-state index contributed by atoms with van der Waals surface area (Å²) in [4.78, 5) is 37.5. The van der Waals surface area contributed by atoms with Gasteiger partial charge in [0.1, 0.15) is 23.7 Å². The monoisotopic (exact) mass is 353 g/mol.